The number of hydrogen-bond donors (Lipinski definition) is 2. The van der Waals surface area contributed by atoms with Gasteiger partial charge in [-0.3, -0.25) is 14.7 Å². The Kier molecular flexibility index (Phi) is 5.47. The second kappa shape index (κ2) is 8.35. The van der Waals surface area contributed by atoms with E-state index in [1.54, 1.807) is 4.68 Å². The zero-order chi connectivity index (χ0) is 24.0. The number of anilines is 2. The summed E-state index contributed by atoms with van der Waals surface area (Å²) in [6, 6.07) is 17.9. The van der Waals surface area contributed by atoms with E-state index in [2.05, 4.69) is 67.3 Å². The number of Topliss-reactive ketones (excluding diaryl/α,β-unsaturated/α-hetero) is 1. The number of nitrogens with one attached hydrogen (secondary N) is 2. The average molecular weight is 457 g/mol. The van der Waals surface area contributed by atoms with Gasteiger partial charge in [-0.15, -0.1) is 0 Å². The molecule has 1 atom stereocenters. The molecule has 2 aromatic carbocycles. The molecule has 0 saturated heterocycles. The van der Waals surface area contributed by atoms with Gasteiger partial charge in [0.25, 0.3) is 5.56 Å². The molecule has 0 unspecified atom stereocenters. The van der Waals surface area contributed by atoms with Gasteiger partial charge in [-0.2, -0.15) is 0 Å². The molecule has 1 aliphatic carbocycles. The first-order valence-corrected chi connectivity index (χ1v) is 12.1. The molecule has 1 aliphatic heterocycles. The van der Waals surface area contributed by atoms with E-state index < -0.39 is 5.92 Å². The second-order valence-corrected chi connectivity index (χ2v) is 10.0. The summed E-state index contributed by atoms with van der Waals surface area (Å²) in [5.41, 5.74) is 4.89. The van der Waals surface area contributed by atoms with Crippen molar-refractivity contribution in [2.24, 2.45) is 5.41 Å². The number of nitrogens with zero attached hydrogens (tertiary/aromatic N) is 2. The lowest BCUT2D eigenvalue weighted by molar-refractivity contribution is -0.118. The van der Waals surface area contributed by atoms with Gasteiger partial charge in [0.05, 0.1) is 11.3 Å². The molecular formula is C28H32N4O2. The number of carbonyl (C=O) groups is 1. The minimum atomic E-state index is -0.394. The third-order valence-electron chi connectivity index (χ3n) is 7.07. The van der Waals surface area contributed by atoms with Crippen LogP contribution in [0.25, 0.3) is 5.69 Å². The molecule has 6 nitrogen and oxygen atoms in total. The zero-order valence-corrected chi connectivity index (χ0v) is 20.3. The van der Waals surface area contributed by atoms with Crippen LogP contribution in [0.4, 0.5) is 11.5 Å². The van der Waals surface area contributed by atoms with Crippen LogP contribution in [-0.4, -0.2) is 28.7 Å². The summed E-state index contributed by atoms with van der Waals surface area (Å²) < 4.78 is 1.57. The van der Waals surface area contributed by atoms with Crippen molar-refractivity contribution in [2.75, 3.05) is 23.3 Å². The maximum absolute atomic E-state index is 13.7. The number of fused-ring (bicyclic) bond motifs is 1. The predicted octanol–water partition coefficient (Wildman–Crippen LogP) is 5.21. The van der Waals surface area contributed by atoms with Crippen LogP contribution in [0.1, 0.15) is 57.6 Å². The summed E-state index contributed by atoms with van der Waals surface area (Å²) in [5.74, 6) is 0.402. The quantitative estimate of drug-likeness (QED) is 0.553. The molecule has 176 valence electrons. The number of ketones is 1. The summed E-state index contributed by atoms with van der Waals surface area (Å²) >= 11 is 0. The number of benzene rings is 2. The predicted molar refractivity (Wildman–Crippen MR) is 137 cm³/mol. The molecule has 3 aromatic rings. The van der Waals surface area contributed by atoms with E-state index in [9.17, 15) is 9.59 Å². The van der Waals surface area contributed by atoms with E-state index >= 15 is 0 Å². The number of hydrogen-bond acceptors (Lipinski definition) is 4. The Morgan fingerprint density at radius 3 is 2.29 bits per heavy atom. The van der Waals surface area contributed by atoms with E-state index in [0.29, 0.717) is 17.8 Å². The topological polar surface area (TPSA) is 70.1 Å². The molecule has 6 heteroatoms. The van der Waals surface area contributed by atoms with Crippen LogP contribution in [0.3, 0.4) is 0 Å². The number of aromatic nitrogens is 2. The lowest BCUT2D eigenvalue weighted by Crippen LogP contribution is -2.35. The third-order valence-corrected chi connectivity index (χ3v) is 7.07. The van der Waals surface area contributed by atoms with Crippen LogP contribution >= 0.6 is 0 Å². The highest BCUT2D eigenvalue weighted by Crippen LogP contribution is 2.47. The Morgan fingerprint density at radius 1 is 0.971 bits per heavy atom. The zero-order valence-electron chi connectivity index (χ0n) is 20.3. The normalized spacial score (nSPS) is 18.8. The number of para-hydroxylation sites is 1. The van der Waals surface area contributed by atoms with E-state index in [1.165, 1.54) is 0 Å². The van der Waals surface area contributed by atoms with Crippen molar-refractivity contribution < 1.29 is 4.79 Å². The molecule has 2 aliphatic rings. The Labute approximate surface area is 200 Å². The maximum atomic E-state index is 13.7. The molecule has 5 rings (SSSR count). The molecule has 0 saturated carbocycles. The first-order chi connectivity index (χ1) is 16.3. The van der Waals surface area contributed by atoms with Crippen LogP contribution in [-0.2, 0) is 4.79 Å². The fourth-order valence-electron chi connectivity index (χ4n) is 5.45. The summed E-state index contributed by atoms with van der Waals surface area (Å²) in [4.78, 5) is 29.5. The van der Waals surface area contributed by atoms with Crippen molar-refractivity contribution >= 4 is 17.3 Å². The van der Waals surface area contributed by atoms with Crippen molar-refractivity contribution in [3.05, 3.63) is 87.3 Å². The van der Waals surface area contributed by atoms with Crippen molar-refractivity contribution in [2.45, 2.75) is 46.5 Å². The summed E-state index contributed by atoms with van der Waals surface area (Å²) in [6.45, 7) is 10.4. The van der Waals surface area contributed by atoms with E-state index in [-0.39, 0.29) is 16.8 Å². The standard InChI is InChI=1S/C28H32N4O2/c1-5-31(6-2)19-14-12-18(13-15-19)23-24-21(16-28(3,4)17-22(24)33)29-26-25(23)27(34)32(30-26)20-10-8-7-9-11-20/h7-15,23,29-30H,5-6,16-17H2,1-4H3/t23-/m1/s1. The molecule has 0 amide bonds. The lowest BCUT2D eigenvalue weighted by atomic mass is 9.69. The first-order valence-electron chi connectivity index (χ1n) is 12.1. The molecule has 0 radical (unpaired) electrons. The SMILES string of the molecule is CCN(CC)c1ccc([C@@H]2C3=C(CC(C)(C)CC3=O)Nc3[nH]n(-c4ccccc4)c(=O)c32)cc1. The molecule has 2 N–H and O–H groups in total. The van der Waals surface area contributed by atoms with Gasteiger partial charge >= 0.3 is 0 Å². The average Bonchev–Trinajstić information content (AvgIpc) is 3.15. The molecular weight excluding hydrogens is 424 g/mol. The van der Waals surface area contributed by atoms with Gasteiger partial charge in [-0.25, -0.2) is 4.68 Å². The van der Waals surface area contributed by atoms with Gasteiger partial charge in [0.2, 0.25) is 0 Å². The summed E-state index contributed by atoms with van der Waals surface area (Å²) in [5, 5.41) is 6.72. The minimum absolute atomic E-state index is 0.120. The largest absolute Gasteiger partial charge is 0.372 e. The van der Waals surface area contributed by atoms with Crippen LogP contribution in [0.15, 0.2) is 70.7 Å². The fourth-order valence-corrected chi connectivity index (χ4v) is 5.45. The Morgan fingerprint density at radius 2 is 1.65 bits per heavy atom. The van der Waals surface area contributed by atoms with Crippen molar-refractivity contribution in [3.8, 4) is 5.69 Å². The highest BCUT2D eigenvalue weighted by atomic mass is 16.1. The number of H-pyrrole nitrogens is 1. The van der Waals surface area contributed by atoms with Crippen molar-refractivity contribution in [3.63, 3.8) is 0 Å². The molecule has 34 heavy (non-hydrogen) atoms. The van der Waals surface area contributed by atoms with E-state index in [0.717, 1.165) is 47.7 Å². The monoisotopic (exact) mass is 456 g/mol. The van der Waals surface area contributed by atoms with Crippen LogP contribution in [0, 0.1) is 5.41 Å². The minimum Gasteiger partial charge on any atom is -0.372 e. The second-order valence-electron chi connectivity index (χ2n) is 10.0. The van der Waals surface area contributed by atoms with Crippen molar-refractivity contribution in [1.29, 1.82) is 0 Å². The third kappa shape index (κ3) is 3.67. The lowest BCUT2D eigenvalue weighted by Gasteiger charge is -2.38. The maximum Gasteiger partial charge on any atom is 0.277 e. The summed E-state index contributed by atoms with van der Waals surface area (Å²) in [6.07, 6.45) is 1.24. The molecule has 1 aromatic heterocycles. The number of rotatable bonds is 5. The van der Waals surface area contributed by atoms with Crippen molar-refractivity contribution in [1.82, 2.24) is 9.78 Å². The fraction of sp³-hybridized carbons (Fsp3) is 0.357. The van der Waals surface area contributed by atoms with Crippen LogP contribution < -0.4 is 15.8 Å². The summed E-state index contributed by atoms with van der Waals surface area (Å²) in [7, 11) is 0. The Bertz CT molecular complexity index is 1310. The Hall–Kier alpha value is -3.54. The van der Waals surface area contributed by atoms with Crippen LogP contribution in [0.2, 0.25) is 0 Å². The molecule has 2 heterocycles. The van der Waals surface area contributed by atoms with Gasteiger partial charge in [0.1, 0.15) is 5.82 Å². The number of carbonyl (C=O) groups excluding carboxylic acids is 1. The van der Waals surface area contributed by atoms with Gasteiger partial charge < -0.3 is 10.2 Å². The highest BCUT2D eigenvalue weighted by Gasteiger charge is 2.42. The molecule has 0 spiro atoms. The van der Waals surface area contributed by atoms with E-state index in [4.69, 9.17) is 0 Å². The van der Waals surface area contributed by atoms with Crippen LogP contribution in [0.5, 0.6) is 0 Å². The van der Waals surface area contributed by atoms with Gasteiger partial charge in [0.15, 0.2) is 5.78 Å². The molecule has 0 fully saturated rings. The van der Waals surface area contributed by atoms with Gasteiger partial charge in [-0.05, 0) is 55.5 Å². The molecule has 0 bridgehead atoms. The smallest absolute Gasteiger partial charge is 0.277 e. The first kappa shape index (κ1) is 22.3. The van der Waals surface area contributed by atoms with Gasteiger partial charge in [-0.1, -0.05) is 44.2 Å². The van der Waals surface area contributed by atoms with Gasteiger partial charge in [0, 0.05) is 42.4 Å². The highest BCUT2D eigenvalue weighted by molar-refractivity contribution is 6.01. The Balaban J connectivity index is 1.68. The number of allylic oxidation sites excluding steroid dienone is 2. The van der Waals surface area contributed by atoms with E-state index in [1.807, 2.05) is 30.3 Å². The number of aromatic amines is 1.